The largest absolute Gasteiger partial charge is 0.497 e. The number of nitrogens with zero attached hydrogens (tertiary/aromatic N) is 5. The number of ether oxygens (including phenoxy) is 1. The number of carboxylic acid groups (broad SMARTS) is 1. The number of aliphatic carboxylic acids is 1. The van der Waals surface area contributed by atoms with E-state index in [0.29, 0.717) is 49.4 Å². The molecule has 1 aromatic carbocycles. The molecule has 3 aliphatic rings. The molecule has 2 aliphatic heterocycles. The minimum atomic E-state index is -5.08. The summed E-state index contributed by atoms with van der Waals surface area (Å²) in [4.78, 5) is 33.0. The lowest BCUT2D eigenvalue weighted by molar-refractivity contribution is -0.192. The van der Waals surface area contributed by atoms with Gasteiger partial charge in [-0.3, -0.25) is 9.69 Å². The molecule has 5 rings (SSSR count). The van der Waals surface area contributed by atoms with Crippen LogP contribution in [0.25, 0.3) is 0 Å². The van der Waals surface area contributed by atoms with E-state index in [9.17, 15) is 31.5 Å². The third kappa shape index (κ3) is 9.22. The van der Waals surface area contributed by atoms with Gasteiger partial charge in [0.1, 0.15) is 12.0 Å². The molecule has 0 spiro atoms. The molecule has 3 heterocycles. The number of carbonyl (C=O) groups excluding carboxylic acids is 1. The second kappa shape index (κ2) is 14.5. The molecule has 3 fully saturated rings. The number of oxazole rings is 1. The second-order valence-electron chi connectivity index (χ2n) is 12.4. The van der Waals surface area contributed by atoms with Gasteiger partial charge in [0.05, 0.1) is 24.2 Å². The Morgan fingerprint density at radius 2 is 1.64 bits per heavy atom. The fourth-order valence-electron chi connectivity index (χ4n) is 5.81. The smallest absolute Gasteiger partial charge is 0.490 e. The maximum atomic E-state index is 13.8. The summed E-state index contributed by atoms with van der Waals surface area (Å²) in [6.07, 6.45) is -1.23. The number of likely N-dealkylation sites (tertiary alicyclic amines) is 1. The minimum absolute atomic E-state index is 0.0457. The van der Waals surface area contributed by atoms with Gasteiger partial charge in [-0.1, -0.05) is 0 Å². The minimum Gasteiger partial charge on any atom is -0.497 e. The van der Waals surface area contributed by atoms with Gasteiger partial charge in [-0.25, -0.2) is 18.2 Å². The van der Waals surface area contributed by atoms with Gasteiger partial charge in [-0.15, -0.1) is 0 Å². The van der Waals surface area contributed by atoms with Gasteiger partial charge in [0.2, 0.25) is 15.9 Å². The van der Waals surface area contributed by atoms with Crippen LogP contribution < -0.4 is 4.74 Å². The Balaban J connectivity index is 0.000000644. The molecule has 0 radical (unpaired) electrons. The number of halogens is 3. The van der Waals surface area contributed by atoms with Crippen molar-refractivity contribution >= 4 is 21.9 Å². The maximum absolute atomic E-state index is 13.8. The monoisotopic (exact) mass is 689 g/mol. The normalized spacial score (nSPS) is 19.3. The molecule has 2 aromatic rings. The Morgan fingerprint density at radius 1 is 1.09 bits per heavy atom. The zero-order valence-electron chi connectivity index (χ0n) is 26.9. The Labute approximate surface area is 271 Å². The van der Waals surface area contributed by atoms with Crippen molar-refractivity contribution < 1.29 is 50.5 Å². The SMILES string of the molecule is COc1cc(C)c(S(=O)(=O)N(Cc2nc(C(=O)N3CCC(O)(CN4CCN(C)CC4)CC3)co2)C2CC2)c(C)c1.O=C(O)C(F)(F)F. The van der Waals surface area contributed by atoms with Crippen molar-refractivity contribution in [3.05, 3.63) is 41.1 Å². The summed E-state index contributed by atoms with van der Waals surface area (Å²) in [5, 5.41) is 18.3. The number of piperazine rings is 1. The molecular weight excluding hydrogens is 647 g/mol. The molecule has 2 N–H and O–H groups in total. The molecule has 2 saturated heterocycles. The summed E-state index contributed by atoms with van der Waals surface area (Å²) in [6.45, 7) is 8.84. The highest BCUT2D eigenvalue weighted by molar-refractivity contribution is 7.89. The molecule has 1 saturated carbocycles. The molecule has 1 aliphatic carbocycles. The summed E-state index contributed by atoms with van der Waals surface area (Å²) in [5.41, 5.74) is 0.578. The van der Waals surface area contributed by atoms with Crippen molar-refractivity contribution in [1.29, 1.82) is 0 Å². The standard InChI is InChI=1S/C28H41N5O6S.C2HF3O2/c1-20-15-23(38-4)16-21(2)26(20)40(36,37)33(22-5-6-22)17-25-29-24(18-39-25)27(34)32-9-7-28(35,8-10-32)19-31-13-11-30(3)12-14-31;3-2(4,5)1(6)7/h15-16,18,22,35H,5-14,17,19H2,1-4H3;(H,6,7). The van der Waals surface area contributed by atoms with E-state index >= 15 is 0 Å². The molecule has 0 unspecified atom stereocenters. The van der Waals surface area contributed by atoms with Crippen molar-refractivity contribution in [1.82, 2.24) is 24.0 Å². The Kier molecular flexibility index (Phi) is 11.3. The number of likely N-dealkylation sites (N-methyl/N-ethyl adjacent to an activating group) is 1. The van der Waals surface area contributed by atoms with E-state index in [1.54, 1.807) is 38.0 Å². The topological polar surface area (TPSA) is 157 Å². The van der Waals surface area contributed by atoms with Crippen LogP contribution in [0.5, 0.6) is 5.75 Å². The summed E-state index contributed by atoms with van der Waals surface area (Å²) >= 11 is 0. The first-order chi connectivity index (χ1) is 21.9. The predicted octanol–water partition coefficient (Wildman–Crippen LogP) is 2.50. The number of hydrogen-bond acceptors (Lipinski definition) is 10. The van der Waals surface area contributed by atoms with Crippen LogP contribution in [0.4, 0.5) is 13.2 Å². The number of aromatic nitrogens is 1. The second-order valence-corrected chi connectivity index (χ2v) is 14.2. The number of rotatable bonds is 9. The van der Waals surface area contributed by atoms with Crippen LogP contribution in [-0.2, 0) is 21.4 Å². The van der Waals surface area contributed by atoms with Gasteiger partial charge in [-0.05, 0) is 69.8 Å². The lowest BCUT2D eigenvalue weighted by atomic mass is 9.90. The quantitative estimate of drug-likeness (QED) is 0.399. The molecular formula is C30H42F3N5O8S. The summed E-state index contributed by atoms with van der Waals surface area (Å²) in [6, 6.07) is 3.31. The van der Waals surface area contributed by atoms with E-state index < -0.39 is 27.8 Å². The van der Waals surface area contributed by atoms with Crippen LogP contribution in [0.1, 0.15) is 53.2 Å². The zero-order chi connectivity index (χ0) is 34.7. The van der Waals surface area contributed by atoms with E-state index in [-0.39, 0.29) is 35.0 Å². The third-order valence-electron chi connectivity index (χ3n) is 8.59. The van der Waals surface area contributed by atoms with Crippen molar-refractivity contribution in [3.8, 4) is 5.75 Å². The van der Waals surface area contributed by atoms with Gasteiger partial charge in [0.15, 0.2) is 5.69 Å². The number of amides is 1. The van der Waals surface area contributed by atoms with Crippen molar-refractivity contribution in [2.45, 2.75) is 68.8 Å². The highest BCUT2D eigenvalue weighted by Gasteiger charge is 2.41. The summed E-state index contributed by atoms with van der Waals surface area (Å²) in [5.74, 6) is -2.23. The first kappa shape index (κ1) is 36.6. The number of methoxy groups -OCH3 is 1. The van der Waals surface area contributed by atoms with E-state index in [1.807, 2.05) is 0 Å². The Bertz CT molecular complexity index is 1510. The average molecular weight is 690 g/mol. The molecule has 0 bridgehead atoms. The highest BCUT2D eigenvalue weighted by atomic mass is 32.2. The number of sulfonamides is 1. The molecule has 0 atom stereocenters. The molecule has 13 nitrogen and oxygen atoms in total. The number of carbonyl (C=O) groups is 2. The van der Waals surface area contributed by atoms with E-state index in [4.69, 9.17) is 19.1 Å². The summed E-state index contributed by atoms with van der Waals surface area (Å²) in [7, 11) is -0.172. The lowest BCUT2D eigenvalue weighted by Gasteiger charge is -2.42. The lowest BCUT2D eigenvalue weighted by Crippen LogP contribution is -2.55. The van der Waals surface area contributed by atoms with Crippen LogP contribution in [0.3, 0.4) is 0 Å². The molecule has 1 aromatic heterocycles. The van der Waals surface area contributed by atoms with Crippen LogP contribution in [0.2, 0.25) is 0 Å². The number of piperidine rings is 1. The van der Waals surface area contributed by atoms with Gasteiger partial charge >= 0.3 is 12.1 Å². The fraction of sp³-hybridized carbons (Fsp3) is 0.633. The fourth-order valence-corrected chi connectivity index (χ4v) is 7.86. The zero-order valence-corrected chi connectivity index (χ0v) is 27.7. The molecule has 1 amide bonds. The van der Waals surface area contributed by atoms with Crippen LogP contribution >= 0.6 is 0 Å². The molecule has 17 heteroatoms. The first-order valence-corrected chi connectivity index (χ1v) is 16.7. The Morgan fingerprint density at radius 3 is 2.13 bits per heavy atom. The van der Waals surface area contributed by atoms with Crippen molar-refractivity contribution in [3.63, 3.8) is 0 Å². The van der Waals surface area contributed by atoms with Crippen LogP contribution in [0.15, 0.2) is 27.7 Å². The number of alkyl halides is 3. The van der Waals surface area contributed by atoms with Crippen LogP contribution in [0, 0.1) is 13.8 Å². The number of carboxylic acids is 1. The van der Waals surface area contributed by atoms with Gasteiger partial charge < -0.3 is 29.2 Å². The summed E-state index contributed by atoms with van der Waals surface area (Å²) < 4.78 is 71.6. The predicted molar refractivity (Wildman–Crippen MR) is 162 cm³/mol. The molecule has 47 heavy (non-hydrogen) atoms. The van der Waals surface area contributed by atoms with Crippen molar-refractivity contribution in [2.24, 2.45) is 0 Å². The first-order valence-electron chi connectivity index (χ1n) is 15.3. The number of aliphatic hydroxyl groups is 1. The maximum Gasteiger partial charge on any atom is 0.490 e. The number of hydrogen-bond donors (Lipinski definition) is 2. The van der Waals surface area contributed by atoms with Crippen LogP contribution in [-0.4, -0.2) is 132 Å². The van der Waals surface area contributed by atoms with E-state index in [1.165, 1.54) is 10.6 Å². The number of benzene rings is 1. The van der Waals surface area contributed by atoms with Crippen molar-refractivity contribution in [2.75, 3.05) is 60.0 Å². The Hall–Kier alpha value is -3.25. The number of β-amino-alcohol motifs (C(OH)–C–C–N with tert-alkyl or cyclic N) is 1. The van der Waals surface area contributed by atoms with Gasteiger partial charge in [-0.2, -0.15) is 17.5 Å². The van der Waals surface area contributed by atoms with Gasteiger partial charge in [0, 0.05) is 51.9 Å². The van der Waals surface area contributed by atoms with E-state index in [0.717, 1.165) is 39.0 Å². The highest BCUT2D eigenvalue weighted by Crippen LogP contribution is 2.36. The third-order valence-corrected chi connectivity index (χ3v) is 10.8. The van der Waals surface area contributed by atoms with E-state index in [2.05, 4.69) is 21.8 Å². The number of aryl methyl sites for hydroxylation is 2. The average Bonchev–Trinajstić information content (AvgIpc) is 3.72. The molecule has 262 valence electrons. The van der Waals surface area contributed by atoms with Gasteiger partial charge in [0.25, 0.3) is 5.91 Å².